The molecule has 0 radical (unpaired) electrons. The molecule has 2 aromatic rings. The van der Waals surface area contributed by atoms with Gasteiger partial charge in [0.15, 0.2) is 5.16 Å². The highest BCUT2D eigenvalue weighted by molar-refractivity contribution is 7.99. The van der Waals surface area contributed by atoms with Gasteiger partial charge in [-0.25, -0.2) is 9.97 Å². The van der Waals surface area contributed by atoms with Gasteiger partial charge in [-0.3, -0.25) is 4.79 Å². The molecule has 29 heavy (non-hydrogen) atoms. The second kappa shape index (κ2) is 8.14. The van der Waals surface area contributed by atoms with E-state index >= 15 is 0 Å². The third-order valence-electron chi connectivity index (χ3n) is 5.55. The van der Waals surface area contributed by atoms with Crippen LogP contribution in [0.5, 0.6) is 0 Å². The third-order valence-corrected chi connectivity index (χ3v) is 6.65. The Morgan fingerprint density at radius 2 is 1.93 bits per heavy atom. The van der Waals surface area contributed by atoms with Gasteiger partial charge in [0.2, 0.25) is 5.91 Å². The first kappa shape index (κ1) is 20.5. The van der Waals surface area contributed by atoms with Crippen LogP contribution >= 0.6 is 23.4 Å². The van der Waals surface area contributed by atoms with Crippen LogP contribution in [0.1, 0.15) is 31.4 Å². The van der Waals surface area contributed by atoms with Gasteiger partial charge >= 0.3 is 6.18 Å². The molecule has 2 aliphatic carbocycles. The quantitative estimate of drug-likeness (QED) is 0.511. The zero-order valence-corrected chi connectivity index (χ0v) is 16.9. The summed E-state index contributed by atoms with van der Waals surface area (Å²) in [5.41, 5.74) is -0.399. The Bertz CT molecular complexity index is 907. The monoisotopic (exact) mass is 441 g/mol. The number of nitrogens with one attached hydrogen (secondary N) is 1. The standard InChI is InChI=1S/C20H19ClF3N3OS/c21-14-5-3-12(4-6-14)16-9-17(20(22,23)24)27-19(26-16)29-10-18(28)25-15-8-11-1-2-13(15)7-11/h3-6,9,11,13,15H,1-2,7-8,10H2,(H,25,28)/t11-,13-,15-/m0/s1. The van der Waals surface area contributed by atoms with Crippen molar-refractivity contribution in [2.24, 2.45) is 11.8 Å². The van der Waals surface area contributed by atoms with Crippen molar-refractivity contribution >= 4 is 29.3 Å². The number of thioether (sulfide) groups is 1. The predicted molar refractivity (Wildman–Crippen MR) is 106 cm³/mol. The van der Waals surface area contributed by atoms with Crippen molar-refractivity contribution < 1.29 is 18.0 Å². The summed E-state index contributed by atoms with van der Waals surface area (Å²) >= 11 is 6.76. The number of rotatable bonds is 5. The van der Waals surface area contributed by atoms with E-state index in [0.717, 1.165) is 30.7 Å². The lowest BCUT2D eigenvalue weighted by Crippen LogP contribution is -2.39. The molecule has 2 fully saturated rings. The summed E-state index contributed by atoms with van der Waals surface area (Å²) in [6.45, 7) is 0. The van der Waals surface area contributed by atoms with Crippen LogP contribution in [0.2, 0.25) is 5.02 Å². The Morgan fingerprint density at radius 1 is 1.17 bits per heavy atom. The number of carbonyl (C=O) groups excluding carboxylic acids is 1. The Hall–Kier alpha value is -1.80. The molecule has 1 aromatic heterocycles. The lowest BCUT2D eigenvalue weighted by atomic mass is 9.95. The van der Waals surface area contributed by atoms with Crippen molar-refractivity contribution in [1.82, 2.24) is 15.3 Å². The Morgan fingerprint density at radius 3 is 2.55 bits per heavy atom. The second-order valence-corrected chi connectivity index (χ2v) is 8.94. The number of amides is 1. The van der Waals surface area contributed by atoms with Crippen molar-refractivity contribution in [2.75, 3.05) is 5.75 Å². The molecule has 2 aliphatic rings. The predicted octanol–water partition coefficient (Wildman–Crippen LogP) is 5.21. The lowest BCUT2D eigenvalue weighted by molar-refractivity contribution is -0.141. The van der Waals surface area contributed by atoms with Crippen molar-refractivity contribution in [3.8, 4) is 11.3 Å². The Labute approximate surface area is 175 Å². The molecule has 0 unspecified atom stereocenters. The first-order valence-corrected chi connectivity index (χ1v) is 10.8. The van der Waals surface area contributed by atoms with Crippen molar-refractivity contribution in [1.29, 1.82) is 0 Å². The van der Waals surface area contributed by atoms with Crippen LogP contribution in [0.3, 0.4) is 0 Å². The molecular weight excluding hydrogens is 423 g/mol. The van der Waals surface area contributed by atoms with E-state index in [1.54, 1.807) is 24.3 Å². The van der Waals surface area contributed by atoms with Gasteiger partial charge in [0.25, 0.3) is 0 Å². The van der Waals surface area contributed by atoms with Gasteiger partial charge in [0, 0.05) is 16.6 Å². The van der Waals surface area contributed by atoms with E-state index in [0.29, 0.717) is 22.4 Å². The van der Waals surface area contributed by atoms with Gasteiger partial charge in [0.1, 0.15) is 5.69 Å². The van der Waals surface area contributed by atoms with Gasteiger partial charge in [-0.2, -0.15) is 13.2 Å². The van der Waals surface area contributed by atoms with E-state index in [2.05, 4.69) is 15.3 Å². The third kappa shape index (κ3) is 4.86. The lowest BCUT2D eigenvalue weighted by Gasteiger charge is -2.22. The highest BCUT2D eigenvalue weighted by Gasteiger charge is 2.40. The molecule has 0 spiro atoms. The summed E-state index contributed by atoms with van der Waals surface area (Å²) < 4.78 is 39.9. The van der Waals surface area contributed by atoms with Gasteiger partial charge in [0.05, 0.1) is 11.4 Å². The van der Waals surface area contributed by atoms with E-state index < -0.39 is 11.9 Å². The van der Waals surface area contributed by atoms with Crippen LogP contribution < -0.4 is 5.32 Å². The number of aromatic nitrogens is 2. The van der Waals surface area contributed by atoms with Gasteiger partial charge < -0.3 is 5.32 Å². The average Bonchev–Trinajstić information content (AvgIpc) is 3.29. The molecule has 2 bridgehead atoms. The first-order chi connectivity index (χ1) is 13.8. The van der Waals surface area contributed by atoms with Crippen molar-refractivity contribution in [3.63, 3.8) is 0 Å². The molecule has 1 amide bonds. The largest absolute Gasteiger partial charge is 0.433 e. The smallest absolute Gasteiger partial charge is 0.352 e. The molecule has 9 heteroatoms. The summed E-state index contributed by atoms with van der Waals surface area (Å²) in [7, 11) is 0. The maximum atomic E-state index is 13.3. The van der Waals surface area contributed by atoms with Gasteiger partial charge in [-0.15, -0.1) is 0 Å². The first-order valence-electron chi connectivity index (χ1n) is 9.42. The number of alkyl halides is 3. The average molecular weight is 442 g/mol. The maximum absolute atomic E-state index is 13.3. The molecule has 4 rings (SSSR count). The highest BCUT2D eigenvalue weighted by atomic mass is 35.5. The molecule has 4 nitrogen and oxygen atoms in total. The van der Waals surface area contributed by atoms with Gasteiger partial charge in [-0.1, -0.05) is 41.9 Å². The zero-order chi connectivity index (χ0) is 20.6. The molecule has 1 aromatic carbocycles. The number of benzene rings is 1. The maximum Gasteiger partial charge on any atom is 0.433 e. The van der Waals surface area contributed by atoms with Crippen LogP contribution in [0.15, 0.2) is 35.5 Å². The molecule has 3 atom stereocenters. The van der Waals surface area contributed by atoms with Crippen LogP contribution in [0.4, 0.5) is 13.2 Å². The summed E-state index contributed by atoms with van der Waals surface area (Å²) in [4.78, 5) is 20.1. The normalized spacial score (nSPS) is 23.4. The van der Waals surface area contributed by atoms with E-state index in [-0.39, 0.29) is 28.6 Å². The SMILES string of the molecule is O=C(CSc1nc(-c2ccc(Cl)cc2)cc(C(F)(F)F)n1)N[C@H]1C[C@H]2CC[C@H]1C2. The van der Waals surface area contributed by atoms with Crippen LogP contribution in [0.25, 0.3) is 11.3 Å². The van der Waals surface area contributed by atoms with Crippen molar-refractivity contribution in [2.45, 2.75) is 43.1 Å². The topological polar surface area (TPSA) is 54.9 Å². The van der Waals surface area contributed by atoms with Gasteiger partial charge in [-0.05, 0) is 49.3 Å². The van der Waals surface area contributed by atoms with Crippen molar-refractivity contribution in [3.05, 3.63) is 41.0 Å². The second-order valence-electron chi connectivity index (χ2n) is 7.56. The number of fused-ring (bicyclic) bond motifs is 2. The Kier molecular flexibility index (Phi) is 5.75. The number of carbonyl (C=O) groups is 1. The summed E-state index contributed by atoms with van der Waals surface area (Å²) in [5, 5.41) is 3.43. The fourth-order valence-corrected chi connectivity index (χ4v) is 5.00. The van der Waals surface area contributed by atoms with E-state index in [4.69, 9.17) is 11.6 Å². The molecule has 0 aliphatic heterocycles. The minimum absolute atomic E-state index is 0.0186. The summed E-state index contributed by atoms with van der Waals surface area (Å²) in [6, 6.07) is 7.46. The number of hydrogen-bond donors (Lipinski definition) is 1. The number of hydrogen-bond acceptors (Lipinski definition) is 4. The van der Waals surface area contributed by atoms with E-state index in [1.807, 2.05) is 0 Å². The fourth-order valence-electron chi connectivity index (χ4n) is 4.20. The Balaban J connectivity index is 1.47. The number of nitrogens with zero attached hydrogens (tertiary/aromatic N) is 2. The van der Waals surface area contributed by atoms with Crippen LogP contribution in [-0.2, 0) is 11.0 Å². The zero-order valence-electron chi connectivity index (χ0n) is 15.4. The molecule has 1 heterocycles. The molecular formula is C20H19ClF3N3OS. The molecule has 154 valence electrons. The van der Waals surface area contributed by atoms with Crippen LogP contribution in [-0.4, -0.2) is 27.7 Å². The molecule has 1 N–H and O–H groups in total. The summed E-state index contributed by atoms with van der Waals surface area (Å²) in [5.74, 6) is 1.03. The number of halogens is 4. The van der Waals surface area contributed by atoms with E-state index in [9.17, 15) is 18.0 Å². The fraction of sp³-hybridized carbons (Fsp3) is 0.450. The molecule has 2 saturated carbocycles. The minimum atomic E-state index is -4.61. The highest BCUT2D eigenvalue weighted by Crippen LogP contribution is 2.44. The van der Waals surface area contributed by atoms with Crippen LogP contribution in [0, 0.1) is 11.8 Å². The summed E-state index contributed by atoms with van der Waals surface area (Å²) in [6.07, 6.45) is -0.0623. The minimum Gasteiger partial charge on any atom is -0.352 e. The van der Waals surface area contributed by atoms with E-state index in [1.165, 1.54) is 12.8 Å². The molecule has 0 saturated heterocycles.